The van der Waals surface area contributed by atoms with Crippen LogP contribution < -0.4 is 72.9 Å². The maximum Gasteiger partial charge on any atom is 1.00 e. The number of hydrogen-bond donors (Lipinski definition) is 3. The van der Waals surface area contributed by atoms with E-state index in [0.717, 1.165) is 83.7 Å². The predicted octanol–water partition coefficient (Wildman–Crippen LogP) is 12.6. The standard InChI is InChI=1S/C21H37ClN4O2S.C18H34N4S.C16H29ClN4S.C4H9O.K/c1-5-6-7-8-9-10-11-12-16-29-19-25-17(24-18(22)26-19)14-13-15-23-20(27)28-21(2,3)4;1-4-5-6-7-8-9-10-11-15-23-18-21-16(2)20-17(22-18)13-12-14-19-3;1-2-3-4-5-6-7-8-9-13-22-16-20-14(11-10-12-18)19-15(17)21-16;1-4(2,3)5;/h5-16H2,1-4H3,(H,23,27);19H,4-15H2,1-3H3;2-13,18H2,1H3;1-3H3;/q;;;-1;+1. The van der Waals surface area contributed by atoms with Crippen LogP contribution in [0.4, 0.5) is 4.79 Å². The maximum atomic E-state index is 11.6. The number of nitrogens with two attached hydrogens (primary N) is 1. The van der Waals surface area contributed by atoms with Gasteiger partial charge in [-0.2, -0.15) is 9.97 Å². The van der Waals surface area contributed by atoms with Crippen molar-refractivity contribution in [2.24, 2.45) is 5.73 Å². The van der Waals surface area contributed by atoms with Crippen molar-refractivity contribution >= 4 is 64.6 Å². The number of amides is 1. The predicted molar refractivity (Wildman–Crippen MR) is 336 cm³/mol. The van der Waals surface area contributed by atoms with E-state index in [9.17, 15) is 9.90 Å². The summed E-state index contributed by atoms with van der Waals surface area (Å²) in [6.07, 6.45) is 36.6. The smallest absolute Gasteiger partial charge is 0.850 e. The summed E-state index contributed by atoms with van der Waals surface area (Å²) in [5.41, 5.74) is 4.26. The molecule has 0 fully saturated rings. The SMILES string of the molecule is CC(C)(C)[O-].CCCCCCCCCCSc1nc(C)nc(CCCNC)n1.CCCCCCCCCCSc1nc(Cl)nc(CCCN)n1.CCCCCCCCCCSc1nc(Cl)nc(CCCNC(=O)OC(C)(C)C)n1.[K+]. The van der Waals surface area contributed by atoms with E-state index in [-0.39, 0.29) is 56.7 Å². The van der Waals surface area contributed by atoms with Crippen LogP contribution in [0.1, 0.15) is 259 Å². The van der Waals surface area contributed by atoms with Crippen molar-refractivity contribution in [2.75, 3.05) is 43.9 Å². The molecular formula is C59H109Cl2KN12O3S3. The second kappa shape index (κ2) is 55.1. The van der Waals surface area contributed by atoms with Crippen LogP contribution >= 0.6 is 58.5 Å². The Kier molecular flexibility index (Phi) is 56.1. The molecule has 0 bridgehead atoms. The molecule has 3 aromatic heterocycles. The largest absolute Gasteiger partial charge is 1.00 e. The summed E-state index contributed by atoms with van der Waals surface area (Å²) >= 11 is 17.1. The third kappa shape index (κ3) is 56.6. The molecule has 3 aromatic rings. The molecule has 0 saturated carbocycles. The first-order valence-electron chi connectivity index (χ1n) is 30.2. The third-order valence-electron chi connectivity index (χ3n) is 11.4. The molecule has 3 rings (SSSR count). The van der Waals surface area contributed by atoms with Crippen molar-refractivity contribution in [2.45, 2.75) is 289 Å². The number of aromatic nitrogens is 9. The third-order valence-corrected chi connectivity index (χ3v) is 14.5. The summed E-state index contributed by atoms with van der Waals surface area (Å²) in [4.78, 5) is 50.8. The molecule has 0 radical (unpaired) electrons. The Labute approximate surface area is 552 Å². The van der Waals surface area contributed by atoms with E-state index in [1.165, 1.54) is 148 Å². The Hall–Kier alpha value is -0.554. The molecule has 0 atom stereocenters. The van der Waals surface area contributed by atoms with Gasteiger partial charge in [0.05, 0.1) is 0 Å². The van der Waals surface area contributed by atoms with Crippen LogP contribution in [0.5, 0.6) is 0 Å². The van der Waals surface area contributed by atoms with E-state index in [4.69, 9.17) is 33.7 Å². The van der Waals surface area contributed by atoms with Crippen molar-refractivity contribution in [1.29, 1.82) is 0 Å². The Balaban J connectivity index is 0. The molecule has 21 heteroatoms. The van der Waals surface area contributed by atoms with Gasteiger partial charge < -0.3 is 26.2 Å². The molecule has 456 valence electrons. The quantitative estimate of drug-likeness (QED) is 0.0273. The topological polar surface area (TPSA) is 215 Å². The number of halogens is 2. The van der Waals surface area contributed by atoms with Crippen molar-refractivity contribution in [1.82, 2.24) is 55.5 Å². The van der Waals surface area contributed by atoms with Crippen LogP contribution in [-0.4, -0.2) is 106 Å². The van der Waals surface area contributed by atoms with Gasteiger partial charge in [-0.1, -0.05) is 212 Å². The number of carbonyl (C=O) groups excluding carboxylic acids is 1. The fourth-order valence-electron chi connectivity index (χ4n) is 7.41. The molecule has 4 N–H and O–H groups in total. The monoisotopic (exact) mass is 1240 g/mol. The minimum atomic E-state index is -0.750. The molecule has 0 saturated heterocycles. The Morgan fingerprint density at radius 3 is 1.18 bits per heavy atom. The molecule has 0 aliphatic heterocycles. The zero-order valence-corrected chi connectivity index (χ0v) is 59.3. The minimum Gasteiger partial charge on any atom is -0.850 e. The summed E-state index contributed by atoms with van der Waals surface area (Å²) in [6.45, 7) is 21.3. The van der Waals surface area contributed by atoms with Crippen LogP contribution in [0.25, 0.3) is 0 Å². The maximum absolute atomic E-state index is 11.6. The fraction of sp³-hybridized carbons (Fsp3) is 0.831. The van der Waals surface area contributed by atoms with Gasteiger partial charge in [-0.3, -0.25) is 0 Å². The van der Waals surface area contributed by atoms with E-state index >= 15 is 0 Å². The Morgan fingerprint density at radius 2 is 0.825 bits per heavy atom. The number of alkyl carbamates (subject to hydrolysis) is 1. The first-order valence-corrected chi connectivity index (χ1v) is 34.0. The molecule has 1 amide bonds. The number of rotatable bonds is 41. The number of hydrogen-bond acceptors (Lipinski definition) is 17. The normalized spacial score (nSPS) is 11.1. The molecule has 0 aliphatic rings. The molecule has 0 spiro atoms. The van der Waals surface area contributed by atoms with Gasteiger partial charge in [0.15, 0.2) is 15.5 Å². The second-order valence-corrected chi connectivity index (χ2v) is 25.8. The second-order valence-electron chi connectivity index (χ2n) is 21.9. The van der Waals surface area contributed by atoms with Crippen LogP contribution in [0, 0.1) is 6.92 Å². The molecule has 0 aromatic carbocycles. The summed E-state index contributed by atoms with van der Waals surface area (Å²) in [5, 5.41) is 18.9. The first kappa shape index (κ1) is 81.5. The average Bonchev–Trinajstić information content (AvgIpc) is 3.37. The summed E-state index contributed by atoms with van der Waals surface area (Å²) in [6, 6.07) is 0. The summed E-state index contributed by atoms with van der Waals surface area (Å²) < 4.78 is 5.21. The van der Waals surface area contributed by atoms with Crippen LogP contribution in [0.2, 0.25) is 10.6 Å². The average molecular weight is 1240 g/mol. The molecule has 3 heterocycles. The van der Waals surface area contributed by atoms with Gasteiger partial charge in [0.25, 0.3) is 0 Å². The van der Waals surface area contributed by atoms with E-state index < -0.39 is 17.3 Å². The van der Waals surface area contributed by atoms with Crippen molar-refractivity contribution in [3.05, 3.63) is 33.9 Å². The number of carbonyl (C=O) groups is 1. The zero-order chi connectivity index (χ0) is 58.8. The minimum absolute atomic E-state index is 0. The Bertz CT molecular complexity index is 1920. The zero-order valence-electron chi connectivity index (χ0n) is 52.3. The van der Waals surface area contributed by atoms with Crippen LogP contribution in [0.15, 0.2) is 15.5 Å². The first-order chi connectivity index (χ1) is 37.8. The van der Waals surface area contributed by atoms with Gasteiger partial charge in [-0.25, -0.2) is 39.7 Å². The number of unbranched alkanes of at least 4 members (excludes halogenated alkanes) is 21. The van der Waals surface area contributed by atoms with Crippen LogP contribution in [0.3, 0.4) is 0 Å². The van der Waals surface area contributed by atoms with E-state index in [1.54, 1.807) is 56.1 Å². The fourth-order valence-corrected chi connectivity index (χ4v) is 10.5. The molecule has 0 aliphatic carbocycles. The van der Waals surface area contributed by atoms with Crippen molar-refractivity contribution < 1.29 is 66.0 Å². The van der Waals surface area contributed by atoms with Crippen molar-refractivity contribution in [3.63, 3.8) is 0 Å². The van der Waals surface area contributed by atoms with Gasteiger partial charge >= 0.3 is 57.5 Å². The van der Waals surface area contributed by atoms with Crippen LogP contribution in [-0.2, 0) is 24.0 Å². The molecule has 80 heavy (non-hydrogen) atoms. The number of nitrogens with zero attached hydrogens (tertiary/aromatic N) is 9. The van der Waals surface area contributed by atoms with Gasteiger partial charge in [-0.15, -0.1) is 5.60 Å². The van der Waals surface area contributed by atoms with Gasteiger partial charge in [0.2, 0.25) is 10.6 Å². The van der Waals surface area contributed by atoms with Gasteiger partial charge in [0.1, 0.15) is 28.9 Å². The van der Waals surface area contributed by atoms with E-state index in [2.05, 4.69) is 76.3 Å². The Morgan fingerprint density at radius 1 is 0.500 bits per heavy atom. The van der Waals surface area contributed by atoms with E-state index in [1.807, 2.05) is 34.7 Å². The number of nitrogens with one attached hydrogen (secondary N) is 2. The number of ether oxygens (including phenoxy) is 1. The summed E-state index contributed by atoms with van der Waals surface area (Å²) in [5.74, 6) is 6.36. The molecule has 0 unspecified atom stereocenters. The summed E-state index contributed by atoms with van der Waals surface area (Å²) in [7, 11) is 1.98. The number of thioether (sulfide) groups is 3. The molecular weight excluding hydrogens is 1130 g/mol. The number of aryl methyl sites for hydroxylation is 4. The van der Waals surface area contributed by atoms with Crippen molar-refractivity contribution in [3.8, 4) is 0 Å². The van der Waals surface area contributed by atoms with E-state index in [0.29, 0.717) is 42.2 Å². The molecule has 15 nitrogen and oxygen atoms in total. The van der Waals surface area contributed by atoms with Gasteiger partial charge in [0, 0.05) is 43.1 Å². The van der Waals surface area contributed by atoms with Gasteiger partial charge in [-0.05, 0) is 110 Å².